The van der Waals surface area contributed by atoms with Gasteiger partial charge in [0, 0.05) is 24.3 Å². The summed E-state index contributed by atoms with van der Waals surface area (Å²) in [5.41, 5.74) is 7.48. The predicted molar refractivity (Wildman–Crippen MR) is 84.0 cm³/mol. The van der Waals surface area contributed by atoms with E-state index in [9.17, 15) is 4.79 Å². The van der Waals surface area contributed by atoms with Gasteiger partial charge in [-0.2, -0.15) is 11.8 Å². The summed E-state index contributed by atoms with van der Waals surface area (Å²) in [7, 11) is 1.70. The molecule has 1 aromatic carbocycles. The maximum Gasteiger partial charge on any atom is 0.240 e. The van der Waals surface area contributed by atoms with E-state index >= 15 is 0 Å². The van der Waals surface area contributed by atoms with Crippen LogP contribution in [-0.2, 0) is 15.3 Å². The number of nitrogens with two attached hydrogens (primary N) is 1. The summed E-state index contributed by atoms with van der Waals surface area (Å²) in [4.78, 5) is 11.5. The van der Waals surface area contributed by atoms with Crippen molar-refractivity contribution < 1.29 is 9.53 Å². The molecule has 0 fully saturated rings. The second-order valence-corrected chi connectivity index (χ2v) is 5.13. The number of benzene rings is 1. The Morgan fingerprint density at radius 2 is 2.26 bits per heavy atom. The van der Waals surface area contributed by atoms with Gasteiger partial charge in [-0.3, -0.25) is 4.79 Å². The van der Waals surface area contributed by atoms with E-state index in [2.05, 4.69) is 5.32 Å². The van der Waals surface area contributed by atoms with E-state index in [4.69, 9.17) is 10.5 Å². The molecule has 0 bridgehead atoms. The second-order valence-electron chi connectivity index (χ2n) is 4.02. The van der Waals surface area contributed by atoms with Crippen LogP contribution in [0, 0.1) is 0 Å². The minimum atomic E-state index is -0.496. The van der Waals surface area contributed by atoms with Gasteiger partial charge in [0.05, 0.1) is 12.6 Å². The lowest BCUT2D eigenvalue weighted by molar-refractivity contribution is -0.117. The molecular weight excluding hydrogens is 284 g/mol. The number of thioether (sulfide) groups is 1. The number of ether oxygens (including phenoxy) is 1. The van der Waals surface area contributed by atoms with E-state index in [1.165, 1.54) is 5.56 Å². The fraction of sp³-hybridized carbons (Fsp3) is 0.462. The smallest absolute Gasteiger partial charge is 0.240 e. The Balaban J connectivity index is 0.00000324. The molecule has 0 aliphatic heterocycles. The number of methoxy groups -OCH3 is 1. The molecule has 0 radical (unpaired) electrons. The number of hydrogen-bond donors (Lipinski definition) is 2. The number of hydrogen-bond acceptors (Lipinski definition) is 4. The first-order valence-electron chi connectivity index (χ1n) is 5.85. The third kappa shape index (κ3) is 7.42. The topological polar surface area (TPSA) is 64.3 Å². The lowest BCUT2D eigenvalue weighted by atomic mass is 10.2. The summed E-state index contributed by atoms with van der Waals surface area (Å²) in [5.74, 6) is 1.71. The first-order chi connectivity index (χ1) is 8.63. The average Bonchev–Trinajstić information content (AvgIpc) is 2.35. The molecule has 4 nitrogen and oxygen atoms in total. The van der Waals surface area contributed by atoms with Gasteiger partial charge in [0.1, 0.15) is 0 Å². The molecule has 0 aromatic heterocycles. The largest absolute Gasteiger partial charge is 0.384 e. The molecule has 6 heteroatoms. The molecule has 0 saturated heterocycles. The summed E-state index contributed by atoms with van der Waals surface area (Å²) >= 11 is 1.80. The number of rotatable bonds is 7. The number of halogens is 1. The van der Waals surface area contributed by atoms with Gasteiger partial charge in [-0.05, 0) is 24.6 Å². The van der Waals surface area contributed by atoms with Crippen LogP contribution in [0.1, 0.15) is 12.5 Å². The molecule has 0 heterocycles. The van der Waals surface area contributed by atoms with Gasteiger partial charge in [0.2, 0.25) is 5.91 Å². The minimum Gasteiger partial charge on any atom is -0.384 e. The summed E-state index contributed by atoms with van der Waals surface area (Å²) in [6.45, 7) is 2.42. The first-order valence-corrected chi connectivity index (χ1v) is 7.01. The molecule has 1 amide bonds. The lowest BCUT2D eigenvalue weighted by Crippen LogP contribution is -2.32. The van der Waals surface area contributed by atoms with E-state index in [0.29, 0.717) is 0 Å². The fourth-order valence-corrected chi connectivity index (χ4v) is 2.17. The molecule has 1 aromatic rings. The van der Waals surface area contributed by atoms with Crippen LogP contribution in [-0.4, -0.2) is 31.4 Å². The van der Waals surface area contributed by atoms with Gasteiger partial charge < -0.3 is 15.8 Å². The summed E-state index contributed by atoms with van der Waals surface area (Å²) in [6, 6.07) is 7.32. The summed E-state index contributed by atoms with van der Waals surface area (Å²) < 4.78 is 4.99. The van der Waals surface area contributed by atoms with Crippen LogP contribution in [0.2, 0.25) is 0 Å². The Morgan fingerprint density at radius 3 is 2.89 bits per heavy atom. The molecule has 0 spiro atoms. The van der Waals surface area contributed by atoms with Crippen molar-refractivity contribution in [1.82, 2.24) is 0 Å². The summed E-state index contributed by atoms with van der Waals surface area (Å²) in [5, 5.41) is 2.79. The van der Waals surface area contributed by atoms with Crippen molar-refractivity contribution in [3.8, 4) is 0 Å². The Morgan fingerprint density at radius 1 is 1.53 bits per heavy atom. The summed E-state index contributed by atoms with van der Waals surface area (Å²) in [6.07, 6.45) is 0. The molecular formula is C13H21ClN2O2S. The quantitative estimate of drug-likeness (QED) is 0.759. The number of nitrogens with one attached hydrogen (secondary N) is 1. The molecule has 0 aliphatic carbocycles. The highest BCUT2D eigenvalue weighted by molar-refractivity contribution is 7.98. The van der Waals surface area contributed by atoms with E-state index < -0.39 is 6.04 Å². The molecule has 0 saturated carbocycles. The first kappa shape index (κ1) is 18.2. The third-order valence-electron chi connectivity index (χ3n) is 2.31. The maximum absolute atomic E-state index is 11.5. The van der Waals surface area contributed by atoms with Crippen molar-refractivity contribution in [2.75, 3.05) is 24.8 Å². The Labute approximate surface area is 124 Å². The molecule has 1 unspecified atom stereocenters. The standard InChI is InChI=1S/C13H20N2O2S.ClH/c1-10(14)13(16)15-12-5-3-4-11(8-12)9-18-7-6-17-2;/h3-5,8,10H,6-7,9,14H2,1-2H3,(H,15,16);1H. The van der Waals surface area contributed by atoms with Gasteiger partial charge in [-0.25, -0.2) is 0 Å². The van der Waals surface area contributed by atoms with E-state index in [1.54, 1.807) is 25.8 Å². The van der Waals surface area contributed by atoms with Crippen LogP contribution in [0.4, 0.5) is 5.69 Å². The molecule has 3 N–H and O–H groups in total. The predicted octanol–water partition coefficient (Wildman–Crippen LogP) is 2.27. The van der Waals surface area contributed by atoms with Gasteiger partial charge in [0.25, 0.3) is 0 Å². The molecule has 1 atom stereocenters. The normalized spacial score (nSPS) is 11.5. The monoisotopic (exact) mass is 304 g/mol. The number of amides is 1. The third-order valence-corrected chi connectivity index (χ3v) is 3.30. The van der Waals surface area contributed by atoms with Crippen molar-refractivity contribution in [2.24, 2.45) is 5.73 Å². The van der Waals surface area contributed by atoms with E-state index in [0.717, 1.165) is 23.8 Å². The highest BCUT2D eigenvalue weighted by atomic mass is 35.5. The van der Waals surface area contributed by atoms with Gasteiger partial charge in [0.15, 0.2) is 0 Å². The SMILES string of the molecule is COCCSCc1cccc(NC(=O)C(C)N)c1.Cl. The van der Waals surface area contributed by atoms with Crippen molar-refractivity contribution in [1.29, 1.82) is 0 Å². The van der Waals surface area contributed by atoms with Crippen molar-refractivity contribution in [3.05, 3.63) is 29.8 Å². The highest BCUT2D eigenvalue weighted by Gasteiger charge is 2.07. The maximum atomic E-state index is 11.5. The van der Waals surface area contributed by atoms with Crippen LogP contribution in [0.5, 0.6) is 0 Å². The minimum absolute atomic E-state index is 0. The molecule has 0 aliphatic rings. The number of carbonyl (C=O) groups is 1. The highest BCUT2D eigenvalue weighted by Crippen LogP contribution is 2.16. The Bertz CT molecular complexity index is 389. The Kier molecular flexibility index (Phi) is 9.69. The fourth-order valence-electron chi connectivity index (χ4n) is 1.33. The van der Waals surface area contributed by atoms with Crippen LogP contribution in [0.15, 0.2) is 24.3 Å². The van der Waals surface area contributed by atoms with E-state index in [-0.39, 0.29) is 18.3 Å². The van der Waals surface area contributed by atoms with Crippen molar-refractivity contribution >= 4 is 35.8 Å². The second kappa shape index (κ2) is 10.1. The Hall–Kier alpha value is -0.750. The molecule has 1 rings (SSSR count). The van der Waals surface area contributed by atoms with Gasteiger partial charge in [-0.15, -0.1) is 12.4 Å². The van der Waals surface area contributed by atoms with Crippen LogP contribution in [0.25, 0.3) is 0 Å². The number of anilines is 1. The number of carbonyl (C=O) groups excluding carboxylic acids is 1. The van der Waals surface area contributed by atoms with Gasteiger partial charge in [-0.1, -0.05) is 12.1 Å². The van der Waals surface area contributed by atoms with Crippen LogP contribution in [0.3, 0.4) is 0 Å². The van der Waals surface area contributed by atoms with Gasteiger partial charge >= 0.3 is 0 Å². The lowest BCUT2D eigenvalue weighted by Gasteiger charge is -2.09. The van der Waals surface area contributed by atoms with Crippen molar-refractivity contribution in [3.63, 3.8) is 0 Å². The molecule has 19 heavy (non-hydrogen) atoms. The van der Waals surface area contributed by atoms with Crippen molar-refractivity contribution in [2.45, 2.75) is 18.7 Å². The van der Waals surface area contributed by atoms with E-state index in [1.807, 2.05) is 24.3 Å². The average molecular weight is 305 g/mol. The zero-order valence-corrected chi connectivity index (χ0v) is 12.9. The zero-order valence-electron chi connectivity index (χ0n) is 11.2. The molecule has 108 valence electrons. The zero-order chi connectivity index (χ0) is 13.4. The van der Waals surface area contributed by atoms with Crippen LogP contribution < -0.4 is 11.1 Å². The van der Waals surface area contributed by atoms with Crippen LogP contribution >= 0.6 is 24.2 Å².